The number of carbonyl (C=O) groups is 3. The molecule has 2 aromatic rings. The fraction of sp³-hybridized carbons (Fsp3) is 0.261. The van der Waals surface area contributed by atoms with Crippen molar-refractivity contribution in [1.29, 1.82) is 0 Å². The molecular formula is C23H26N2O4. The molecule has 0 aromatic heterocycles. The maximum absolute atomic E-state index is 11.8. The van der Waals surface area contributed by atoms with Gasteiger partial charge in [0, 0.05) is 24.6 Å². The molecule has 0 aliphatic heterocycles. The monoisotopic (exact) mass is 394 g/mol. The van der Waals surface area contributed by atoms with Crippen LogP contribution in [0.25, 0.3) is 6.08 Å². The Morgan fingerprint density at radius 1 is 0.759 bits per heavy atom. The van der Waals surface area contributed by atoms with Gasteiger partial charge in [0.1, 0.15) is 0 Å². The SMILES string of the molecule is O=C(CCCCCCC(=O)Nc1ccccc1)NOC(=O)C=Cc1ccccc1. The number of amides is 2. The Bertz CT molecular complexity index is 804. The number of nitrogens with one attached hydrogen (secondary N) is 2. The molecule has 0 bridgehead atoms. The second kappa shape index (κ2) is 12.9. The number of benzene rings is 2. The molecule has 2 amide bonds. The highest BCUT2D eigenvalue weighted by molar-refractivity contribution is 5.90. The Balaban J connectivity index is 1.48. The normalized spacial score (nSPS) is 10.5. The van der Waals surface area contributed by atoms with Crippen LogP contribution in [0.4, 0.5) is 5.69 Å². The van der Waals surface area contributed by atoms with E-state index in [2.05, 4.69) is 10.8 Å². The minimum absolute atomic E-state index is 0.00980. The van der Waals surface area contributed by atoms with Crippen molar-refractivity contribution in [2.45, 2.75) is 38.5 Å². The number of hydrogen-bond acceptors (Lipinski definition) is 4. The lowest BCUT2D eigenvalue weighted by Crippen LogP contribution is -2.25. The summed E-state index contributed by atoms with van der Waals surface area (Å²) in [6.45, 7) is 0. The van der Waals surface area contributed by atoms with Crippen molar-refractivity contribution < 1.29 is 19.2 Å². The summed E-state index contributed by atoms with van der Waals surface area (Å²) in [5, 5.41) is 2.84. The zero-order valence-corrected chi connectivity index (χ0v) is 16.3. The first-order valence-corrected chi connectivity index (χ1v) is 9.71. The number of anilines is 1. The molecule has 0 heterocycles. The van der Waals surface area contributed by atoms with Crippen molar-refractivity contribution >= 4 is 29.5 Å². The van der Waals surface area contributed by atoms with E-state index in [1.54, 1.807) is 6.08 Å². The summed E-state index contributed by atoms with van der Waals surface area (Å²) in [4.78, 5) is 39.8. The van der Waals surface area contributed by atoms with Crippen LogP contribution < -0.4 is 10.8 Å². The van der Waals surface area contributed by atoms with Gasteiger partial charge in [-0.2, -0.15) is 5.48 Å². The van der Waals surface area contributed by atoms with Crippen LogP contribution in [-0.4, -0.2) is 17.8 Å². The number of hydrogen-bond donors (Lipinski definition) is 2. The Kier molecular flexibility index (Phi) is 9.72. The van der Waals surface area contributed by atoms with E-state index >= 15 is 0 Å². The first-order valence-electron chi connectivity index (χ1n) is 9.71. The third kappa shape index (κ3) is 9.91. The van der Waals surface area contributed by atoms with Gasteiger partial charge in [-0.15, -0.1) is 0 Å². The molecule has 2 rings (SSSR count). The lowest BCUT2D eigenvalue weighted by Gasteiger charge is -2.05. The maximum Gasteiger partial charge on any atom is 0.355 e. The van der Waals surface area contributed by atoms with Crippen LogP contribution in [0.2, 0.25) is 0 Å². The Morgan fingerprint density at radius 2 is 1.34 bits per heavy atom. The zero-order chi connectivity index (χ0) is 20.7. The molecule has 6 heteroatoms. The van der Waals surface area contributed by atoms with Crippen molar-refractivity contribution in [1.82, 2.24) is 5.48 Å². The molecule has 2 aromatic carbocycles. The van der Waals surface area contributed by atoms with Gasteiger partial charge >= 0.3 is 5.97 Å². The quantitative estimate of drug-likeness (QED) is 0.358. The van der Waals surface area contributed by atoms with E-state index in [9.17, 15) is 14.4 Å². The molecule has 0 unspecified atom stereocenters. The van der Waals surface area contributed by atoms with Crippen molar-refractivity contribution in [3.63, 3.8) is 0 Å². The molecular weight excluding hydrogens is 368 g/mol. The highest BCUT2D eigenvalue weighted by atomic mass is 16.7. The summed E-state index contributed by atoms with van der Waals surface area (Å²) in [7, 11) is 0. The van der Waals surface area contributed by atoms with Crippen molar-refractivity contribution in [3.05, 3.63) is 72.3 Å². The molecule has 0 saturated carbocycles. The van der Waals surface area contributed by atoms with E-state index in [1.165, 1.54) is 6.08 Å². The van der Waals surface area contributed by atoms with Gasteiger partial charge in [-0.05, 0) is 36.6 Å². The van der Waals surface area contributed by atoms with Crippen LogP contribution >= 0.6 is 0 Å². The zero-order valence-electron chi connectivity index (χ0n) is 16.3. The minimum Gasteiger partial charge on any atom is -0.336 e. The minimum atomic E-state index is -0.633. The van der Waals surface area contributed by atoms with E-state index in [0.717, 1.165) is 30.5 Å². The summed E-state index contributed by atoms with van der Waals surface area (Å²) in [6, 6.07) is 18.7. The van der Waals surface area contributed by atoms with Gasteiger partial charge in [-0.25, -0.2) is 4.79 Å². The summed E-state index contributed by atoms with van der Waals surface area (Å²) >= 11 is 0. The molecule has 0 radical (unpaired) electrons. The van der Waals surface area contributed by atoms with Gasteiger partial charge < -0.3 is 10.2 Å². The molecule has 152 valence electrons. The van der Waals surface area contributed by atoms with Crippen molar-refractivity contribution in [3.8, 4) is 0 Å². The molecule has 0 saturated heterocycles. The Labute approximate surface area is 170 Å². The molecule has 29 heavy (non-hydrogen) atoms. The number of para-hydroxylation sites is 1. The second-order valence-electron chi connectivity index (χ2n) is 6.52. The lowest BCUT2D eigenvalue weighted by molar-refractivity contribution is -0.153. The van der Waals surface area contributed by atoms with Crippen molar-refractivity contribution in [2.24, 2.45) is 0 Å². The average Bonchev–Trinajstić information content (AvgIpc) is 2.74. The topological polar surface area (TPSA) is 84.5 Å². The van der Waals surface area contributed by atoms with Crippen LogP contribution in [0.15, 0.2) is 66.7 Å². The first kappa shape index (κ1) is 21.9. The molecule has 2 N–H and O–H groups in total. The standard InChI is InChI=1S/C23H26N2O4/c26-21(24-20-13-7-4-8-14-20)15-9-1-2-10-16-22(27)25-29-23(28)18-17-19-11-5-3-6-12-19/h3-8,11-14,17-18H,1-2,9-10,15-16H2,(H,24,26)(H,25,27). The van der Waals surface area contributed by atoms with E-state index in [0.29, 0.717) is 12.8 Å². The molecule has 0 spiro atoms. The number of unbranched alkanes of at least 4 members (excludes halogenated alkanes) is 3. The highest BCUT2D eigenvalue weighted by Gasteiger charge is 2.05. The Hall–Kier alpha value is -3.41. The Morgan fingerprint density at radius 3 is 2.00 bits per heavy atom. The fourth-order valence-corrected chi connectivity index (χ4v) is 2.59. The van der Waals surface area contributed by atoms with Crippen LogP contribution in [0.3, 0.4) is 0 Å². The maximum atomic E-state index is 11.8. The fourth-order valence-electron chi connectivity index (χ4n) is 2.59. The number of carbonyl (C=O) groups excluding carboxylic acids is 3. The molecule has 0 fully saturated rings. The summed E-state index contributed by atoms with van der Waals surface area (Å²) in [5.41, 5.74) is 3.81. The third-order valence-electron chi connectivity index (χ3n) is 4.09. The van der Waals surface area contributed by atoms with E-state index in [4.69, 9.17) is 4.84 Å². The van der Waals surface area contributed by atoms with E-state index in [-0.39, 0.29) is 18.2 Å². The van der Waals surface area contributed by atoms with E-state index < -0.39 is 5.97 Å². The third-order valence-corrected chi connectivity index (χ3v) is 4.09. The van der Waals surface area contributed by atoms with Gasteiger partial charge in [0.05, 0.1) is 0 Å². The predicted molar refractivity (Wildman–Crippen MR) is 112 cm³/mol. The largest absolute Gasteiger partial charge is 0.355 e. The molecule has 0 aliphatic carbocycles. The number of hydroxylamine groups is 1. The molecule has 0 atom stereocenters. The average molecular weight is 394 g/mol. The van der Waals surface area contributed by atoms with Crippen LogP contribution in [0.5, 0.6) is 0 Å². The molecule has 6 nitrogen and oxygen atoms in total. The van der Waals surface area contributed by atoms with Gasteiger partial charge in [-0.1, -0.05) is 61.4 Å². The second-order valence-corrected chi connectivity index (χ2v) is 6.52. The van der Waals surface area contributed by atoms with Crippen molar-refractivity contribution in [2.75, 3.05) is 5.32 Å². The van der Waals surface area contributed by atoms with Gasteiger partial charge in [0.15, 0.2) is 0 Å². The summed E-state index contributed by atoms with van der Waals surface area (Å²) < 4.78 is 0. The molecule has 0 aliphatic rings. The van der Waals surface area contributed by atoms with Crippen LogP contribution in [-0.2, 0) is 19.2 Å². The predicted octanol–water partition coefficient (Wildman–Crippen LogP) is 4.25. The van der Waals surface area contributed by atoms with Gasteiger partial charge in [-0.3, -0.25) is 9.59 Å². The summed E-state index contributed by atoms with van der Waals surface area (Å²) in [5.74, 6) is -0.982. The van der Waals surface area contributed by atoms with E-state index in [1.807, 2.05) is 60.7 Å². The summed E-state index contributed by atoms with van der Waals surface area (Å²) in [6.07, 6.45) is 6.71. The van der Waals surface area contributed by atoms with Crippen LogP contribution in [0.1, 0.15) is 44.1 Å². The highest BCUT2D eigenvalue weighted by Crippen LogP contribution is 2.09. The van der Waals surface area contributed by atoms with Gasteiger partial charge in [0.2, 0.25) is 5.91 Å². The van der Waals surface area contributed by atoms with Gasteiger partial charge in [0.25, 0.3) is 5.91 Å². The lowest BCUT2D eigenvalue weighted by atomic mass is 10.1. The number of rotatable bonds is 10. The van der Waals surface area contributed by atoms with Crippen LogP contribution in [0, 0.1) is 0 Å². The first-order chi connectivity index (χ1) is 14.1. The smallest absolute Gasteiger partial charge is 0.336 e.